The van der Waals surface area contributed by atoms with E-state index in [4.69, 9.17) is 10.00 Å². The average molecular weight is 522 g/mol. The lowest BCUT2D eigenvalue weighted by Crippen LogP contribution is -2.43. The van der Waals surface area contributed by atoms with Crippen molar-refractivity contribution in [3.8, 4) is 11.9 Å². The fourth-order valence-corrected chi connectivity index (χ4v) is 6.24. The molecule has 1 N–H and O–H groups in total. The standard InChI is InChI=1S/C26H27N5O5S/c1-5-25(2,3)37(34,35)26(10-11-26)16-36-23-21-19(15-29-30-23)12-20(24(33)31(21)4)22(32)28-14-18-8-6-17(13-27)7-9-18/h5-9,12,15H,1,10-11,14,16H2,2-4H3,(H,28,32). The molecule has 1 aliphatic carbocycles. The number of aromatic nitrogens is 3. The van der Waals surface area contributed by atoms with Crippen LogP contribution >= 0.6 is 0 Å². The van der Waals surface area contributed by atoms with Crippen molar-refractivity contribution < 1.29 is 17.9 Å². The molecule has 1 fully saturated rings. The number of aryl methyl sites for hydroxylation is 1. The van der Waals surface area contributed by atoms with E-state index in [0.717, 1.165) is 5.56 Å². The van der Waals surface area contributed by atoms with E-state index >= 15 is 0 Å². The normalized spacial score (nSPS) is 14.5. The summed E-state index contributed by atoms with van der Waals surface area (Å²) in [7, 11) is -2.11. The Morgan fingerprint density at radius 3 is 2.59 bits per heavy atom. The zero-order valence-electron chi connectivity index (χ0n) is 20.8. The molecule has 0 atom stereocenters. The Kier molecular flexibility index (Phi) is 6.64. The Labute approximate surface area is 214 Å². The maximum Gasteiger partial charge on any atom is 0.263 e. The Bertz CT molecular complexity index is 1600. The molecule has 11 heteroatoms. The van der Waals surface area contributed by atoms with Crippen molar-refractivity contribution in [2.24, 2.45) is 7.05 Å². The Morgan fingerprint density at radius 2 is 2.00 bits per heavy atom. The molecular formula is C26H27N5O5S. The van der Waals surface area contributed by atoms with Crippen LogP contribution in [0.15, 0.2) is 54.0 Å². The van der Waals surface area contributed by atoms with Crippen LogP contribution in [-0.2, 0) is 23.4 Å². The van der Waals surface area contributed by atoms with Gasteiger partial charge in [0.25, 0.3) is 17.3 Å². The van der Waals surface area contributed by atoms with Crippen LogP contribution in [0, 0.1) is 11.3 Å². The van der Waals surface area contributed by atoms with Gasteiger partial charge in [0.05, 0.1) is 22.6 Å². The van der Waals surface area contributed by atoms with Gasteiger partial charge >= 0.3 is 0 Å². The number of benzene rings is 1. The van der Waals surface area contributed by atoms with Crippen molar-refractivity contribution >= 4 is 26.6 Å². The van der Waals surface area contributed by atoms with Gasteiger partial charge < -0.3 is 14.6 Å². The van der Waals surface area contributed by atoms with E-state index in [-0.39, 0.29) is 24.6 Å². The number of hydrogen-bond donors (Lipinski definition) is 1. The van der Waals surface area contributed by atoms with Gasteiger partial charge in [-0.3, -0.25) is 9.59 Å². The summed E-state index contributed by atoms with van der Waals surface area (Å²) in [5, 5.41) is 20.0. The van der Waals surface area contributed by atoms with Gasteiger partial charge in [-0.2, -0.15) is 10.4 Å². The molecule has 37 heavy (non-hydrogen) atoms. The van der Waals surface area contributed by atoms with Gasteiger partial charge in [0.1, 0.15) is 22.4 Å². The molecule has 4 rings (SSSR count). The molecule has 1 saturated carbocycles. The third-order valence-electron chi connectivity index (χ3n) is 6.81. The van der Waals surface area contributed by atoms with Crippen LogP contribution < -0.4 is 15.6 Å². The molecule has 10 nitrogen and oxygen atoms in total. The zero-order chi connectivity index (χ0) is 27.0. The second-order valence-corrected chi connectivity index (χ2v) is 12.6. The van der Waals surface area contributed by atoms with Crippen molar-refractivity contribution in [3.05, 3.63) is 76.2 Å². The van der Waals surface area contributed by atoms with Crippen LogP contribution in [0.4, 0.5) is 0 Å². The van der Waals surface area contributed by atoms with E-state index in [2.05, 4.69) is 22.1 Å². The summed E-state index contributed by atoms with van der Waals surface area (Å²) in [6.45, 7) is 6.89. The summed E-state index contributed by atoms with van der Waals surface area (Å²) in [4.78, 5) is 25.9. The first-order chi connectivity index (χ1) is 17.5. The van der Waals surface area contributed by atoms with E-state index < -0.39 is 30.8 Å². The zero-order valence-corrected chi connectivity index (χ0v) is 21.6. The molecule has 0 unspecified atom stereocenters. The van der Waals surface area contributed by atoms with E-state index in [9.17, 15) is 18.0 Å². The van der Waals surface area contributed by atoms with Crippen LogP contribution in [0.1, 0.15) is 48.2 Å². The Balaban J connectivity index is 1.58. The second-order valence-electron chi connectivity index (χ2n) is 9.65. The summed E-state index contributed by atoms with van der Waals surface area (Å²) in [5.41, 5.74) is 0.933. The van der Waals surface area contributed by atoms with Gasteiger partial charge in [0.15, 0.2) is 9.84 Å². The highest BCUT2D eigenvalue weighted by Gasteiger charge is 2.59. The minimum absolute atomic E-state index is 0.0134. The number of nitriles is 1. The van der Waals surface area contributed by atoms with Gasteiger partial charge in [-0.1, -0.05) is 18.2 Å². The lowest BCUT2D eigenvalue weighted by Gasteiger charge is -2.27. The lowest BCUT2D eigenvalue weighted by atomic mass is 10.1. The van der Waals surface area contributed by atoms with Crippen molar-refractivity contribution in [1.29, 1.82) is 5.26 Å². The van der Waals surface area contributed by atoms with E-state index in [1.807, 2.05) is 6.07 Å². The maximum atomic E-state index is 13.2. The molecule has 3 aromatic rings. The summed E-state index contributed by atoms with van der Waals surface area (Å²) in [6, 6.07) is 10.2. The van der Waals surface area contributed by atoms with Crippen LogP contribution in [0.25, 0.3) is 10.9 Å². The highest BCUT2D eigenvalue weighted by molar-refractivity contribution is 7.94. The average Bonchev–Trinajstić information content (AvgIpc) is 3.70. The van der Waals surface area contributed by atoms with E-state index in [1.54, 1.807) is 38.1 Å². The molecular weight excluding hydrogens is 494 g/mol. The van der Waals surface area contributed by atoms with Crippen LogP contribution in [0.5, 0.6) is 5.88 Å². The summed E-state index contributed by atoms with van der Waals surface area (Å²) >= 11 is 0. The monoisotopic (exact) mass is 521 g/mol. The fraction of sp³-hybridized carbons (Fsp3) is 0.346. The molecule has 0 radical (unpaired) electrons. The number of carbonyl (C=O) groups is 1. The third kappa shape index (κ3) is 4.60. The van der Waals surface area contributed by atoms with Crippen LogP contribution in [0.3, 0.4) is 0 Å². The van der Waals surface area contributed by atoms with Gasteiger partial charge in [-0.25, -0.2) is 8.42 Å². The Morgan fingerprint density at radius 1 is 1.32 bits per heavy atom. The summed E-state index contributed by atoms with van der Waals surface area (Å²) in [6.07, 6.45) is 3.72. The van der Waals surface area contributed by atoms with Gasteiger partial charge in [-0.15, -0.1) is 11.7 Å². The van der Waals surface area contributed by atoms with Crippen molar-refractivity contribution in [2.75, 3.05) is 6.61 Å². The number of carbonyl (C=O) groups excluding carboxylic acids is 1. The molecule has 2 heterocycles. The Hall–Kier alpha value is -4.04. The smallest absolute Gasteiger partial charge is 0.263 e. The molecule has 0 bridgehead atoms. The van der Waals surface area contributed by atoms with Gasteiger partial charge in [0.2, 0.25) is 0 Å². The molecule has 0 saturated heterocycles. The number of sulfone groups is 1. The van der Waals surface area contributed by atoms with Crippen molar-refractivity contribution in [3.63, 3.8) is 0 Å². The van der Waals surface area contributed by atoms with Crippen LogP contribution in [-0.4, -0.2) is 45.2 Å². The molecule has 1 aliphatic rings. The molecule has 1 amide bonds. The minimum atomic E-state index is -3.60. The predicted octanol–water partition coefficient (Wildman–Crippen LogP) is 2.42. The maximum absolute atomic E-state index is 13.2. The third-order valence-corrected chi connectivity index (χ3v) is 10.0. The second kappa shape index (κ2) is 9.44. The largest absolute Gasteiger partial charge is 0.473 e. The molecule has 0 aliphatic heterocycles. The SMILES string of the molecule is C=CC(C)(C)S(=O)(=O)C1(COc2nncc3cc(C(=O)NCc4ccc(C#N)cc4)c(=O)n(C)c23)CC1. The number of rotatable bonds is 9. The van der Waals surface area contributed by atoms with Crippen molar-refractivity contribution in [2.45, 2.75) is 42.7 Å². The number of fused-ring (bicyclic) bond motifs is 1. The van der Waals surface area contributed by atoms with E-state index in [0.29, 0.717) is 29.3 Å². The summed E-state index contributed by atoms with van der Waals surface area (Å²) in [5.74, 6) is -0.555. The number of nitrogens with zero attached hydrogens (tertiary/aromatic N) is 4. The minimum Gasteiger partial charge on any atom is -0.473 e. The number of nitrogens with one attached hydrogen (secondary N) is 1. The molecule has 2 aromatic heterocycles. The van der Waals surface area contributed by atoms with Crippen LogP contribution in [0.2, 0.25) is 0 Å². The number of hydrogen-bond acceptors (Lipinski definition) is 8. The number of amides is 1. The fourth-order valence-electron chi connectivity index (χ4n) is 4.05. The molecule has 1 aromatic carbocycles. The van der Waals surface area contributed by atoms with Gasteiger partial charge in [0, 0.05) is 19.0 Å². The quantitative estimate of drug-likeness (QED) is 0.423. The molecule has 192 valence electrons. The first-order valence-corrected chi connectivity index (χ1v) is 13.1. The highest BCUT2D eigenvalue weighted by Crippen LogP contribution is 2.48. The van der Waals surface area contributed by atoms with Crippen molar-refractivity contribution in [1.82, 2.24) is 20.1 Å². The topological polar surface area (TPSA) is 144 Å². The summed E-state index contributed by atoms with van der Waals surface area (Å²) < 4.78 is 31.3. The van der Waals surface area contributed by atoms with E-state index in [1.165, 1.54) is 30.0 Å². The van der Waals surface area contributed by atoms with Gasteiger partial charge in [-0.05, 0) is 50.5 Å². The number of pyridine rings is 1. The lowest BCUT2D eigenvalue weighted by molar-refractivity contribution is 0.0949. The first-order valence-electron chi connectivity index (χ1n) is 11.6. The molecule has 0 spiro atoms. The number of ether oxygens (including phenoxy) is 1. The predicted molar refractivity (Wildman–Crippen MR) is 138 cm³/mol. The highest BCUT2D eigenvalue weighted by atomic mass is 32.2. The first kappa shape index (κ1) is 26.0.